The van der Waals surface area contributed by atoms with Crippen LogP contribution in [0.2, 0.25) is 0 Å². The molecular formula is C21H22N2O5S. The van der Waals surface area contributed by atoms with Crippen molar-refractivity contribution < 1.29 is 23.9 Å². The molecule has 0 spiro atoms. The number of fused-ring (bicyclic) bond motifs is 1. The van der Waals surface area contributed by atoms with E-state index < -0.39 is 24.0 Å². The molecule has 0 radical (unpaired) electrons. The normalized spacial score (nSPS) is 14.6. The molecule has 1 aliphatic heterocycles. The number of nitrogens with one attached hydrogen (secondary N) is 1. The van der Waals surface area contributed by atoms with Gasteiger partial charge in [0.15, 0.2) is 6.61 Å². The molecule has 1 N–H and O–H groups in total. The fraction of sp³-hybridized carbons (Fsp3) is 0.286. The molecule has 0 fully saturated rings. The van der Waals surface area contributed by atoms with Crippen LogP contribution in [0.25, 0.3) is 0 Å². The molecule has 29 heavy (non-hydrogen) atoms. The van der Waals surface area contributed by atoms with E-state index in [9.17, 15) is 14.4 Å². The molecule has 0 unspecified atom stereocenters. The third kappa shape index (κ3) is 4.54. The molecule has 3 rings (SSSR count). The Balaban J connectivity index is 1.60. The van der Waals surface area contributed by atoms with Gasteiger partial charge in [-0.15, -0.1) is 11.8 Å². The highest BCUT2D eigenvalue weighted by Crippen LogP contribution is 2.36. The first-order valence-electron chi connectivity index (χ1n) is 8.99. The van der Waals surface area contributed by atoms with Gasteiger partial charge in [-0.25, -0.2) is 0 Å². The Morgan fingerprint density at radius 1 is 1.10 bits per heavy atom. The van der Waals surface area contributed by atoms with Crippen LogP contribution in [0.5, 0.6) is 5.75 Å². The van der Waals surface area contributed by atoms with Crippen LogP contribution >= 0.6 is 11.8 Å². The lowest BCUT2D eigenvalue weighted by Crippen LogP contribution is -2.59. The number of hydrogen-bond donors (Lipinski definition) is 1. The van der Waals surface area contributed by atoms with Gasteiger partial charge in [0.25, 0.3) is 5.91 Å². The smallest absolute Gasteiger partial charge is 0.316 e. The summed E-state index contributed by atoms with van der Waals surface area (Å²) in [7, 11) is 1.59. The number of rotatable bonds is 6. The summed E-state index contributed by atoms with van der Waals surface area (Å²) in [6, 6.07) is 14.3. The highest BCUT2D eigenvalue weighted by Gasteiger charge is 2.43. The molecule has 8 heteroatoms. The van der Waals surface area contributed by atoms with Crippen LogP contribution in [0.3, 0.4) is 0 Å². The standard InChI is InChI=1S/C21H22N2O5S/c1-21(2)20(26)22-16-6-4-5-7-17(16)23(21)18(24)12-28-19(25)13-29-15-10-8-14(27-3)9-11-15/h4-11H,12-13H2,1-3H3,(H,22,26). The summed E-state index contributed by atoms with van der Waals surface area (Å²) >= 11 is 1.30. The molecule has 0 aliphatic carbocycles. The molecule has 1 aliphatic rings. The second-order valence-corrected chi connectivity index (χ2v) is 7.93. The van der Waals surface area contributed by atoms with Crippen molar-refractivity contribution >= 4 is 40.9 Å². The quantitative estimate of drug-likeness (QED) is 0.578. The lowest BCUT2D eigenvalue weighted by Gasteiger charge is -2.41. The maximum atomic E-state index is 12.8. The summed E-state index contributed by atoms with van der Waals surface area (Å²) in [6.07, 6.45) is 0. The molecule has 0 saturated heterocycles. The maximum Gasteiger partial charge on any atom is 0.316 e. The summed E-state index contributed by atoms with van der Waals surface area (Å²) in [6.45, 7) is 2.86. The van der Waals surface area contributed by atoms with Crippen LogP contribution in [-0.2, 0) is 19.1 Å². The van der Waals surface area contributed by atoms with Gasteiger partial charge in [-0.05, 0) is 50.2 Å². The van der Waals surface area contributed by atoms with E-state index in [0.29, 0.717) is 11.4 Å². The molecular weight excluding hydrogens is 392 g/mol. The minimum absolute atomic E-state index is 0.0695. The molecule has 1 heterocycles. The van der Waals surface area contributed by atoms with E-state index in [-0.39, 0.29) is 11.7 Å². The highest BCUT2D eigenvalue weighted by atomic mass is 32.2. The zero-order valence-electron chi connectivity index (χ0n) is 16.4. The van der Waals surface area contributed by atoms with Gasteiger partial charge >= 0.3 is 5.97 Å². The largest absolute Gasteiger partial charge is 0.497 e. The Bertz CT molecular complexity index is 927. The third-order valence-corrected chi connectivity index (χ3v) is 5.52. The van der Waals surface area contributed by atoms with Gasteiger partial charge in [-0.2, -0.15) is 0 Å². The minimum atomic E-state index is -1.10. The van der Waals surface area contributed by atoms with Gasteiger partial charge in [0.05, 0.1) is 24.2 Å². The number of amides is 2. The first-order valence-corrected chi connectivity index (χ1v) is 9.97. The van der Waals surface area contributed by atoms with E-state index in [1.54, 1.807) is 57.4 Å². The SMILES string of the molecule is COc1ccc(SCC(=O)OCC(=O)N2c3ccccc3NC(=O)C2(C)C)cc1. The van der Waals surface area contributed by atoms with Gasteiger partial charge in [0, 0.05) is 4.90 Å². The number of anilines is 2. The average Bonchev–Trinajstić information content (AvgIpc) is 2.71. The van der Waals surface area contributed by atoms with Crippen LogP contribution in [0.15, 0.2) is 53.4 Å². The molecule has 0 bridgehead atoms. The summed E-state index contributed by atoms with van der Waals surface area (Å²) < 4.78 is 10.3. The van der Waals surface area contributed by atoms with E-state index in [1.165, 1.54) is 16.7 Å². The number of methoxy groups -OCH3 is 1. The molecule has 2 amide bonds. The minimum Gasteiger partial charge on any atom is -0.497 e. The van der Waals surface area contributed by atoms with E-state index in [2.05, 4.69) is 5.32 Å². The third-order valence-electron chi connectivity index (χ3n) is 4.53. The molecule has 0 saturated carbocycles. The van der Waals surface area contributed by atoms with Crippen molar-refractivity contribution in [3.63, 3.8) is 0 Å². The van der Waals surface area contributed by atoms with Gasteiger partial charge in [-0.1, -0.05) is 12.1 Å². The van der Waals surface area contributed by atoms with Crippen molar-refractivity contribution in [1.82, 2.24) is 0 Å². The predicted molar refractivity (Wildman–Crippen MR) is 111 cm³/mol. The molecule has 152 valence electrons. The van der Waals surface area contributed by atoms with Crippen LogP contribution in [0.4, 0.5) is 11.4 Å². The first kappa shape index (κ1) is 20.7. The zero-order chi connectivity index (χ0) is 21.0. The Morgan fingerprint density at radius 2 is 1.79 bits per heavy atom. The van der Waals surface area contributed by atoms with Crippen molar-refractivity contribution in [2.45, 2.75) is 24.3 Å². The number of nitrogens with zero attached hydrogens (tertiary/aromatic N) is 1. The topological polar surface area (TPSA) is 84.9 Å². The summed E-state index contributed by atoms with van der Waals surface area (Å²) in [5.74, 6) is -0.464. The van der Waals surface area contributed by atoms with Gasteiger partial charge in [0.1, 0.15) is 11.3 Å². The molecule has 2 aromatic rings. The number of para-hydroxylation sites is 2. The second kappa shape index (κ2) is 8.57. The van der Waals surface area contributed by atoms with Crippen LogP contribution < -0.4 is 15.0 Å². The predicted octanol–water partition coefficient (Wildman–Crippen LogP) is 3.09. The van der Waals surface area contributed by atoms with E-state index in [0.717, 1.165) is 10.6 Å². The van der Waals surface area contributed by atoms with Crippen molar-refractivity contribution in [2.75, 3.05) is 29.7 Å². The Kier molecular flexibility index (Phi) is 6.12. The first-order chi connectivity index (χ1) is 13.8. The monoisotopic (exact) mass is 414 g/mol. The fourth-order valence-electron chi connectivity index (χ4n) is 2.96. The molecule has 7 nitrogen and oxygen atoms in total. The summed E-state index contributed by atoms with van der Waals surface area (Å²) in [5, 5.41) is 2.79. The zero-order valence-corrected chi connectivity index (χ0v) is 17.2. The van der Waals surface area contributed by atoms with Crippen LogP contribution in [0, 0.1) is 0 Å². The Morgan fingerprint density at radius 3 is 2.48 bits per heavy atom. The number of esters is 1. The second-order valence-electron chi connectivity index (χ2n) is 6.88. The lowest BCUT2D eigenvalue weighted by atomic mass is 9.96. The molecule has 0 aromatic heterocycles. The van der Waals surface area contributed by atoms with Gasteiger partial charge < -0.3 is 14.8 Å². The maximum absolute atomic E-state index is 12.8. The molecule has 2 aromatic carbocycles. The average molecular weight is 414 g/mol. The lowest BCUT2D eigenvalue weighted by molar-refractivity contribution is -0.145. The van der Waals surface area contributed by atoms with Crippen LogP contribution in [-0.4, -0.2) is 42.8 Å². The van der Waals surface area contributed by atoms with E-state index in [1.807, 2.05) is 12.1 Å². The van der Waals surface area contributed by atoms with Crippen molar-refractivity contribution in [3.8, 4) is 5.75 Å². The number of carbonyl (C=O) groups excluding carboxylic acids is 3. The fourth-order valence-corrected chi connectivity index (χ4v) is 3.66. The Hall–Kier alpha value is -3.00. The number of ether oxygens (including phenoxy) is 2. The summed E-state index contributed by atoms with van der Waals surface area (Å²) in [5.41, 5.74) is 0.0210. The highest BCUT2D eigenvalue weighted by molar-refractivity contribution is 8.00. The number of carbonyl (C=O) groups is 3. The number of benzene rings is 2. The van der Waals surface area contributed by atoms with Gasteiger partial charge in [-0.3, -0.25) is 19.3 Å². The van der Waals surface area contributed by atoms with Crippen molar-refractivity contribution in [2.24, 2.45) is 0 Å². The summed E-state index contributed by atoms with van der Waals surface area (Å²) in [4.78, 5) is 39.6. The van der Waals surface area contributed by atoms with E-state index >= 15 is 0 Å². The Labute approximate surface area is 173 Å². The number of hydrogen-bond acceptors (Lipinski definition) is 6. The van der Waals surface area contributed by atoms with Crippen molar-refractivity contribution in [3.05, 3.63) is 48.5 Å². The number of thioether (sulfide) groups is 1. The molecule has 0 atom stereocenters. The van der Waals surface area contributed by atoms with Crippen molar-refractivity contribution in [1.29, 1.82) is 0 Å². The van der Waals surface area contributed by atoms with E-state index in [4.69, 9.17) is 9.47 Å². The van der Waals surface area contributed by atoms with Crippen LogP contribution in [0.1, 0.15) is 13.8 Å². The van der Waals surface area contributed by atoms with Gasteiger partial charge in [0.2, 0.25) is 5.91 Å².